The Morgan fingerprint density at radius 3 is 2.90 bits per heavy atom. The number of amides is 1. The van der Waals surface area contributed by atoms with Crippen LogP contribution in [0.2, 0.25) is 0 Å². The van der Waals surface area contributed by atoms with Crippen LogP contribution in [0, 0.1) is 0 Å². The molecule has 0 unspecified atom stereocenters. The molecule has 0 fully saturated rings. The third-order valence-corrected chi connectivity index (χ3v) is 3.35. The van der Waals surface area contributed by atoms with Crippen molar-refractivity contribution in [2.45, 2.75) is 12.8 Å². The highest BCUT2D eigenvalue weighted by Crippen LogP contribution is 2.21. The van der Waals surface area contributed by atoms with Gasteiger partial charge in [0.05, 0.1) is 24.2 Å². The maximum absolute atomic E-state index is 11.6. The summed E-state index contributed by atoms with van der Waals surface area (Å²) in [5, 5.41) is 13.6. The largest absolute Gasteiger partial charge is 0.481 e. The van der Waals surface area contributed by atoms with Crippen molar-refractivity contribution in [2.75, 3.05) is 6.54 Å². The highest BCUT2D eigenvalue weighted by Gasteiger charge is 2.09. The summed E-state index contributed by atoms with van der Waals surface area (Å²) in [6.45, 7) is 0.130. The molecule has 0 spiro atoms. The number of hydrogen-bond donors (Lipinski definition) is 2. The third kappa shape index (κ3) is 4.13. The average Bonchev–Trinajstić information content (AvgIpc) is 2.88. The van der Waals surface area contributed by atoms with Gasteiger partial charge in [-0.1, -0.05) is 6.07 Å². The molecule has 2 heterocycles. The lowest BCUT2D eigenvalue weighted by atomic mass is 10.3. The zero-order valence-corrected chi connectivity index (χ0v) is 11.4. The summed E-state index contributed by atoms with van der Waals surface area (Å²) in [4.78, 5) is 30.5. The Morgan fingerprint density at radius 1 is 1.35 bits per heavy atom. The van der Waals surface area contributed by atoms with Gasteiger partial charge in [-0.25, -0.2) is 4.98 Å². The van der Waals surface area contributed by atoms with Crippen LogP contribution in [0.5, 0.6) is 0 Å². The van der Waals surface area contributed by atoms with E-state index in [0.29, 0.717) is 5.69 Å². The predicted molar refractivity (Wildman–Crippen MR) is 74.3 cm³/mol. The molecule has 7 heteroatoms. The van der Waals surface area contributed by atoms with E-state index in [4.69, 9.17) is 5.11 Å². The fourth-order valence-corrected chi connectivity index (χ4v) is 2.33. The van der Waals surface area contributed by atoms with Crippen molar-refractivity contribution < 1.29 is 14.7 Å². The lowest BCUT2D eigenvalue weighted by molar-refractivity contribution is -0.136. The summed E-state index contributed by atoms with van der Waals surface area (Å²) >= 11 is 1.43. The van der Waals surface area contributed by atoms with Crippen molar-refractivity contribution in [3.63, 3.8) is 0 Å². The van der Waals surface area contributed by atoms with E-state index in [2.05, 4.69) is 15.3 Å². The van der Waals surface area contributed by atoms with Gasteiger partial charge in [-0.05, 0) is 12.1 Å². The van der Waals surface area contributed by atoms with E-state index in [1.807, 2.05) is 18.2 Å². The molecule has 0 bridgehead atoms. The molecule has 2 rings (SSSR count). The summed E-state index contributed by atoms with van der Waals surface area (Å²) in [5.74, 6) is -1.17. The molecule has 6 nitrogen and oxygen atoms in total. The number of carbonyl (C=O) groups is 2. The van der Waals surface area contributed by atoms with Gasteiger partial charge in [-0.3, -0.25) is 14.6 Å². The van der Waals surface area contributed by atoms with Gasteiger partial charge in [0.2, 0.25) is 5.91 Å². The SMILES string of the molecule is O=C(O)CCNC(=O)Cc1csc(-c2ccccn2)n1. The van der Waals surface area contributed by atoms with Crippen LogP contribution in [0.15, 0.2) is 29.8 Å². The normalized spacial score (nSPS) is 10.2. The van der Waals surface area contributed by atoms with Crippen LogP contribution in [0.25, 0.3) is 10.7 Å². The maximum atomic E-state index is 11.6. The van der Waals surface area contributed by atoms with E-state index in [-0.39, 0.29) is 25.3 Å². The number of aromatic nitrogens is 2. The number of pyridine rings is 1. The van der Waals surface area contributed by atoms with E-state index in [9.17, 15) is 9.59 Å². The number of thiazole rings is 1. The smallest absolute Gasteiger partial charge is 0.305 e. The Hall–Kier alpha value is -2.28. The molecule has 104 valence electrons. The number of carboxylic acids is 1. The topological polar surface area (TPSA) is 92.2 Å². The maximum Gasteiger partial charge on any atom is 0.305 e. The molecular weight excluding hydrogens is 278 g/mol. The molecule has 0 radical (unpaired) electrons. The zero-order chi connectivity index (χ0) is 14.4. The zero-order valence-electron chi connectivity index (χ0n) is 10.6. The van der Waals surface area contributed by atoms with Crippen LogP contribution in [0.4, 0.5) is 0 Å². The standard InChI is InChI=1S/C13H13N3O3S/c17-11(15-6-4-12(18)19)7-9-8-20-13(16-9)10-3-1-2-5-14-10/h1-3,5,8H,4,6-7H2,(H,15,17)(H,18,19). The minimum absolute atomic E-state index is 0.0814. The first-order valence-electron chi connectivity index (χ1n) is 5.99. The summed E-state index contributed by atoms with van der Waals surface area (Å²) < 4.78 is 0. The second-order valence-electron chi connectivity index (χ2n) is 4.03. The molecule has 0 saturated carbocycles. The van der Waals surface area contributed by atoms with Crippen molar-refractivity contribution in [2.24, 2.45) is 0 Å². The quantitative estimate of drug-likeness (QED) is 0.838. The van der Waals surface area contributed by atoms with Crippen LogP contribution in [-0.4, -0.2) is 33.5 Å². The first kappa shape index (κ1) is 14.1. The van der Waals surface area contributed by atoms with Gasteiger partial charge >= 0.3 is 5.97 Å². The van der Waals surface area contributed by atoms with Crippen LogP contribution in [0.1, 0.15) is 12.1 Å². The molecule has 0 aromatic carbocycles. The van der Waals surface area contributed by atoms with E-state index >= 15 is 0 Å². The number of nitrogens with one attached hydrogen (secondary N) is 1. The monoisotopic (exact) mass is 291 g/mol. The fraction of sp³-hybridized carbons (Fsp3) is 0.231. The molecule has 0 aliphatic heterocycles. The number of hydrogen-bond acceptors (Lipinski definition) is 5. The first-order valence-corrected chi connectivity index (χ1v) is 6.87. The molecule has 0 aliphatic carbocycles. The average molecular weight is 291 g/mol. The van der Waals surface area contributed by atoms with E-state index in [1.54, 1.807) is 11.6 Å². The number of carbonyl (C=O) groups excluding carboxylic acids is 1. The molecule has 0 aliphatic rings. The predicted octanol–water partition coefficient (Wildman–Crippen LogP) is 1.34. The van der Waals surface area contributed by atoms with Crippen LogP contribution >= 0.6 is 11.3 Å². The van der Waals surface area contributed by atoms with Gasteiger partial charge in [-0.2, -0.15) is 0 Å². The van der Waals surface area contributed by atoms with E-state index < -0.39 is 5.97 Å². The number of rotatable bonds is 6. The fourth-order valence-electron chi connectivity index (χ4n) is 1.53. The molecular formula is C13H13N3O3S. The molecule has 0 atom stereocenters. The van der Waals surface area contributed by atoms with E-state index in [0.717, 1.165) is 10.7 Å². The van der Waals surface area contributed by atoms with Crippen molar-refractivity contribution in [3.8, 4) is 10.7 Å². The molecule has 2 aromatic heterocycles. The van der Waals surface area contributed by atoms with Gasteiger partial charge in [0, 0.05) is 18.1 Å². The molecule has 1 amide bonds. The Balaban J connectivity index is 1.90. The Bertz CT molecular complexity index is 598. The van der Waals surface area contributed by atoms with Gasteiger partial charge in [0.25, 0.3) is 0 Å². The lowest BCUT2D eigenvalue weighted by Crippen LogP contribution is -2.27. The minimum atomic E-state index is -0.934. The van der Waals surface area contributed by atoms with Crippen LogP contribution < -0.4 is 5.32 Å². The summed E-state index contributed by atoms with van der Waals surface area (Å²) in [5.41, 5.74) is 1.43. The summed E-state index contributed by atoms with van der Waals surface area (Å²) in [7, 11) is 0. The van der Waals surface area contributed by atoms with Crippen molar-refractivity contribution in [3.05, 3.63) is 35.5 Å². The molecule has 0 saturated heterocycles. The third-order valence-electron chi connectivity index (χ3n) is 2.44. The van der Waals surface area contributed by atoms with Gasteiger partial charge in [-0.15, -0.1) is 11.3 Å². The number of aliphatic carboxylic acids is 1. The molecule has 2 aromatic rings. The summed E-state index contributed by atoms with van der Waals surface area (Å²) in [6, 6.07) is 5.56. The number of carboxylic acid groups (broad SMARTS) is 1. The molecule has 2 N–H and O–H groups in total. The van der Waals surface area contributed by atoms with Crippen LogP contribution in [-0.2, 0) is 16.0 Å². The van der Waals surface area contributed by atoms with Crippen LogP contribution in [0.3, 0.4) is 0 Å². The number of nitrogens with zero attached hydrogens (tertiary/aromatic N) is 2. The van der Waals surface area contributed by atoms with Gasteiger partial charge in [0.1, 0.15) is 5.01 Å². The minimum Gasteiger partial charge on any atom is -0.481 e. The van der Waals surface area contributed by atoms with Crippen molar-refractivity contribution in [1.29, 1.82) is 0 Å². The highest BCUT2D eigenvalue weighted by atomic mass is 32.1. The first-order chi connectivity index (χ1) is 9.65. The lowest BCUT2D eigenvalue weighted by Gasteiger charge is -2.01. The van der Waals surface area contributed by atoms with Gasteiger partial charge < -0.3 is 10.4 Å². The van der Waals surface area contributed by atoms with E-state index in [1.165, 1.54) is 11.3 Å². The van der Waals surface area contributed by atoms with Crippen molar-refractivity contribution >= 4 is 23.2 Å². The Kier molecular flexibility index (Phi) is 4.78. The Labute approximate surface area is 119 Å². The van der Waals surface area contributed by atoms with Gasteiger partial charge in [0.15, 0.2) is 0 Å². The molecule has 20 heavy (non-hydrogen) atoms. The Morgan fingerprint density at radius 2 is 2.20 bits per heavy atom. The van der Waals surface area contributed by atoms with Crippen molar-refractivity contribution in [1.82, 2.24) is 15.3 Å². The second kappa shape index (κ2) is 6.76. The highest BCUT2D eigenvalue weighted by molar-refractivity contribution is 7.13. The second-order valence-corrected chi connectivity index (χ2v) is 4.89. The summed E-state index contributed by atoms with van der Waals surface area (Å²) in [6.07, 6.45) is 1.75.